The van der Waals surface area contributed by atoms with Gasteiger partial charge in [-0.2, -0.15) is 0 Å². The van der Waals surface area contributed by atoms with Crippen molar-refractivity contribution in [2.45, 2.75) is 0 Å². The van der Waals surface area contributed by atoms with E-state index >= 15 is 0 Å². The first kappa shape index (κ1) is 19.7. The Labute approximate surface area is 181 Å². The van der Waals surface area contributed by atoms with Gasteiger partial charge in [0.2, 0.25) is 0 Å². The number of hydrogen-bond acceptors (Lipinski definition) is 6. The van der Waals surface area contributed by atoms with Crippen LogP contribution in [-0.2, 0) is 0 Å². The maximum absolute atomic E-state index is 13.4. The molecule has 0 aliphatic heterocycles. The van der Waals surface area contributed by atoms with Crippen molar-refractivity contribution < 1.29 is 18.9 Å². The van der Waals surface area contributed by atoms with E-state index in [1.54, 1.807) is 36.4 Å². The summed E-state index contributed by atoms with van der Waals surface area (Å²) in [7, 11) is 6.10. The highest BCUT2D eigenvalue weighted by Crippen LogP contribution is 2.32. The zero-order chi connectivity index (χ0) is 22.6. The number of methoxy groups -OCH3 is 4. The number of pyridine rings is 2. The lowest BCUT2D eigenvalue weighted by Gasteiger charge is -2.12. The number of H-pyrrole nitrogens is 2. The lowest BCUT2D eigenvalue weighted by molar-refractivity contribution is 0.397. The zero-order valence-electron chi connectivity index (χ0n) is 17.9. The number of aromatic nitrogens is 2. The minimum absolute atomic E-state index is 0.199. The molecule has 0 unspecified atom stereocenters. The van der Waals surface area contributed by atoms with Gasteiger partial charge in [-0.3, -0.25) is 9.59 Å². The second kappa shape index (κ2) is 7.19. The third-order valence-electron chi connectivity index (χ3n) is 5.72. The Kier molecular flexibility index (Phi) is 4.44. The van der Waals surface area contributed by atoms with Crippen LogP contribution in [0.3, 0.4) is 0 Å². The van der Waals surface area contributed by atoms with Gasteiger partial charge in [0.15, 0.2) is 10.9 Å². The zero-order valence-corrected chi connectivity index (χ0v) is 17.9. The van der Waals surface area contributed by atoms with Crippen molar-refractivity contribution in [1.82, 2.24) is 9.97 Å². The van der Waals surface area contributed by atoms with Crippen LogP contribution in [0.15, 0.2) is 46.0 Å². The predicted octanol–water partition coefficient (Wildman–Crippen LogP) is 3.71. The fourth-order valence-electron chi connectivity index (χ4n) is 4.10. The molecular formula is C24H20N2O6. The molecule has 2 aromatic heterocycles. The van der Waals surface area contributed by atoms with E-state index in [0.29, 0.717) is 66.6 Å². The molecule has 3 aromatic carbocycles. The van der Waals surface area contributed by atoms with Crippen molar-refractivity contribution in [1.29, 1.82) is 0 Å². The highest BCUT2D eigenvalue weighted by molar-refractivity contribution is 6.04. The molecule has 2 N–H and O–H groups in total. The SMILES string of the molecule is COc1cc(OC)c2[nH]c3cc4c(=O)c5cc(OC)cc(OC)c5[nH]c4cc3c(=O)c2c1. The van der Waals surface area contributed by atoms with Crippen molar-refractivity contribution in [3.05, 3.63) is 56.8 Å². The van der Waals surface area contributed by atoms with Gasteiger partial charge in [0.05, 0.1) is 61.3 Å². The molecule has 162 valence electrons. The van der Waals surface area contributed by atoms with E-state index in [2.05, 4.69) is 9.97 Å². The van der Waals surface area contributed by atoms with Gasteiger partial charge in [0, 0.05) is 22.9 Å². The van der Waals surface area contributed by atoms with Gasteiger partial charge in [-0.15, -0.1) is 0 Å². The molecule has 5 rings (SSSR count). The molecule has 2 heterocycles. The molecule has 0 aliphatic carbocycles. The number of benzene rings is 3. The lowest BCUT2D eigenvalue weighted by atomic mass is 10.0. The van der Waals surface area contributed by atoms with Crippen LogP contribution in [-0.4, -0.2) is 38.4 Å². The minimum Gasteiger partial charge on any atom is -0.497 e. The summed E-state index contributed by atoms with van der Waals surface area (Å²) in [6, 6.07) is 10.1. The fraction of sp³-hybridized carbons (Fsp3) is 0.167. The summed E-state index contributed by atoms with van der Waals surface area (Å²) in [6.07, 6.45) is 0. The molecule has 0 aliphatic rings. The summed E-state index contributed by atoms with van der Waals surface area (Å²) in [5.74, 6) is 1.97. The maximum atomic E-state index is 13.4. The van der Waals surface area contributed by atoms with Crippen LogP contribution in [0.2, 0.25) is 0 Å². The van der Waals surface area contributed by atoms with Crippen molar-refractivity contribution >= 4 is 43.6 Å². The first-order valence-electron chi connectivity index (χ1n) is 9.82. The number of ether oxygens (including phenoxy) is 4. The van der Waals surface area contributed by atoms with Gasteiger partial charge in [-0.1, -0.05) is 0 Å². The highest BCUT2D eigenvalue weighted by atomic mass is 16.5. The van der Waals surface area contributed by atoms with Gasteiger partial charge in [0.1, 0.15) is 23.0 Å². The van der Waals surface area contributed by atoms with Crippen LogP contribution < -0.4 is 29.8 Å². The van der Waals surface area contributed by atoms with Crippen LogP contribution in [0, 0.1) is 0 Å². The fourth-order valence-corrected chi connectivity index (χ4v) is 4.10. The molecule has 0 saturated heterocycles. The maximum Gasteiger partial charge on any atom is 0.197 e. The summed E-state index contributed by atoms with van der Waals surface area (Å²) in [5.41, 5.74) is 1.72. The molecule has 0 spiro atoms. The third-order valence-corrected chi connectivity index (χ3v) is 5.72. The molecule has 5 aromatic rings. The van der Waals surface area contributed by atoms with E-state index in [1.165, 1.54) is 28.4 Å². The largest absolute Gasteiger partial charge is 0.497 e. The predicted molar refractivity (Wildman–Crippen MR) is 124 cm³/mol. The Morgan fingerprint density at radius 2 is 0.938 bits per heavy atom. The standard InChI is InChI=1S/C24H20N2O6/c1-29-11-5-15-21(19(7-11)31-3)25-17-10-14-18(9-13(17)23(15)27)26-22-16(24(14)28)6-12(30-2)8-20(22)32-4/h5-10H,1-4H3,(H,25,27)(H,26,28). The molecule has 0 atom stereocenters. The molecule has 8 nitrogen and oxygen atoms in total. The summed E-state index contributed by atoms with van der Waals surface area (Å²) < 4.78 is 21.5. The van der Waals surface area contributed by atoms with Crippen LogP contribution in [0.25, 0.3) is 43.6 Å². The van der Waals surface area contributed by atoms with E-state index in [0.717, 1.165) is 0 Å². The second-order valence-corrected chi connectivity index (χ2v) is 7.36. The Hall–Kier alpha value is -4.20. The number of aromatic amines is 2. The number of hydrogen-bond donors (Lipinski definition) is 2. The topological polar surface area (TPSA) is 103 Å². The van der Waals surface area contributed by atoms with Gasteiger partial charge < -0.3 is 28.9 Å². The van der Waals surface area contributed by atoms with Gasteiger partial charge >= 0.3 is 0 Å². The summed E-state index contributed by atoms with van der Waals surface area (Å²) in [4.78, 5) is 33.2. The second-order valence-electron chi connectivity index (χ2n) is 7.36. The summed E-state index contributed by atoms with van der Waals surface area (Å²) >= 11 is 0. The van der Waals surface area contributed by atoms with Crippen molar-refractivity contribution in [2.24, 2.45) is 0 Å². The molecular weight excluding hydrogens is 412 g/mol. The van der Waals surface area contributed by atoms with E-state index in [9.17, 15) is 9.59 Å². The average Bonchev–Trinajstić information content (AvgIpc) is 2.82. The lowest BCUT2D eigenvalue weighted by Crippen LogP contribution is -2.09. The van der Waals surface area contributed by atoms with Crippen LogP contribution in [0.1, 0.15) is 0 Å². The summed E-state index contributed by atoms with van der Waals surface area (Å²) in [6.45, 7) is 0. The molecule has 32 heavy (non-hydrogen) atoms. The number of nitrogens with one attached hydrogen (secondary N) is 2. The summed E-state index contributed by atoms with van der Waals surface area (Å²) in [5, 5.41) is 1.72. The minimum atomic E-state index is -0.199. The Bertz CT molecular complexity index is 1540. The highest BCUT2D eigenvalue weighted by Gasteiger charge is 2.16. The van der Waals surface area contributed by atoms with Crippen molar-refractivity contribution in [3.8, 4) is 23.0 Å². The van der Waals surface area contributed by atoms with Crippen LogP contribution >= 0.6 is 0 Å². The first-order valence-corrected chi connectivity index (χ1v) is 9.82. The number of fused-ring (bicyclic) bond motifs is 4. The van der Waals surface area contributed by atoms with Gasteiger partial charge in [-0.25, -0.2) is 0 Å². The van der Waals surface area contributed by atoms with E-state index in [4.69, 9.17) is 18.9 Å². The monoisotopic (exact) mass is 432 g/mol. The Morgan fingerprint density at radius 1 is 0.531 bits per heavy atom. The average molecular weight is 432 g/mol. The molecule has 0 saturated carbocycles. The van der Waals surface area contributed by atoms with Crippen molar-refractivity contribution in [3.63, 3.8) is 0 Å². The van der Waals surface area contributed by atoms with E-state index < -0.39 is 0 Å². The Balaban J connectivity index is 1.94. The van der Waals surface area contributed by atoms with E-state index in [1.807, 2.05) is 0 Å². The third kappa shape index (κ3) is 2.76. The van der Waals surface area contributed by atoms with Gasteiger partial charge in [-0.05, 0) is 24.3 Å². The molecule has 0 fully saturated rings. The molecule has 0 radical (unpaired) electrons. The van der Waals surface area contributed by atoms with Crippen molar-refractivity contribution in [2.75, 3.05) is 28.4 Å². The van der Waals surface area contributed by atoms with Crippen LogP contribution in [0.4, 0.5) is 0 Å². The first-order chi connectivity index (χ1) is 15.5. The molecule has 8 heteroatoms. The number of rotatable bonds is 4. The molecule has 0 amide bonds. The molecule has 0 bridgehead atoms. The van der Waals surface area contributed by atoms with E-state index in [-0.39, 0.29) is 10.9 Å². The quantitative estimate of drug-likeness (QED) is 0.420. The Morgan fingerprint density at radius 3 is 1.28 bits per heavy atom. The van der Waals surface area contributed by atoms with Gasteiger partial charge in [0.25, 0.3) is 0 Å². The smallest absolute Gasteiger partial charge is 0.197 e. The van der Waals surface area contributed by atoms with Crippen LogP contribution in [0.5, 0.6) is 23.0 Å². The normalized spacial score (nSPS) is 11.4.